The normalized spacial score (nSPS) is 17.5. The summed E-state index contributed by atoms with van der Waals surface area (Å²) >= 11 is 1.54. The highest BCUT2D eigenvalue weighted by Gasteiger charge is 2.36. The van der Waals surface area contributed by atoms with E-state index < -0.39 is 17.6 Å². The highest BCUT2D eigenvalue weighted by Crippen LogP contribution is 2.33. The van der Waals surface area contributed by atoms with Crippen molar-refractivity contribution >= 4 is 17.2 Å². The van der Waals surface area contributed by atoms with Gasteiger partial charge in [-0.25, -0.2) is 0 Å². The topological polar surface area (TPSA) is 59.2 Å². The number of amides is 1. The van der Waals surface area contributed by atoms with E-state index in [1.165, 1.54) is 34.4 Å². The number of likely N-dealkylation sites (tertiary alicyclic amines) is 1. The zero-order valence-corrected chi connectivity index (χ0v) is 16.2. The van der Waals surface area contributed by atoms with E-state index >= 15 is 0 Å². The molecule has 1 saturated heterocycles. The fourth-order valence-corrected chi connectivity index (χ4v) is 4.23. The molecule has 4 rings (SSSR count). The van der Waals surface area contributed by atoms with E-state index in [1.54, 1.807) is 0 Å². The molecule has 0 spiro atoms. The van der Waals surface area contributed by atoms with E-state index in [1.807, 2.05) is 16.8 Å². The molecule has 1 aliphatic heterocycles. The van der Waals surface area contributed by atoms with Crippen molar-refractivity contribution in [2.45, 2.75) is 25.4 Å². The lowest BCUT2D eigenvalue weighted by Crippen LogP contribution is -2.41. The van der Waals surface area contributed by atoms with Gasteiger partial charge in [-0.15, -0.1) is 0 Å². The minimum Gasteiger partial charge on any atom is -0.339 e. The van der Waals surface area contributed by atoms with Crippen LogP contribution in [0.2, 0.25) is 0 Å². The van der Waals surface area contributed by atoms with Crippen molar-refractivity contribution in [2.24, 2.45) is 5.92 Å². The van der Waals surface area contributed by atoms with Crippen molar-refractivity contribution in [3.8, 4) is 11.4 Å². The lowest BCUT2D eigenvalue weighted by atomic mass is 9.93. The van der Waals surface area contributed by atoms with E-state index in [0.717, 1.165) is 24.5 Å². The molecule has 1 aliphatic rings. The molecule has 0 N–H and O–H groups in total. The summed E-state index contributed by atoms with van der Waals surface area (Å²) in [6.07, 6.45) is -2.51. The van der Waals surface area contributed by atoms with Gasteiger partial charge in [0.25, 0.3) is 5.91 Å². The lowest BCUT2D eigenvalue weighted by molar-refractivity contribution is -0.138. The fourth-order valence-electron chi connectivity index (χ4n) is 3.60. The summed E-state index contributed by atoms with van der Waals surface area (Å²) in [5.41, 5.74) is -0.322. The van der Waals surface area contributed by atoms with Crippen LogP contribution in [-0.4, -0.2) is 34.0 Å². The second kappa shape index (κ2) is 7.98. The first-order valence-electron chi connectivity index (χ1n) is 9.22. The maximum atomic E-state index is 13.3. The molecule has 9 heteroatoms. The molecule has 0 saturated carbocycles. The van der Waals surface area contributed by atoms with E-state index in [-0.39, 0.29) is 11.5 Å². The first kappa shape index (κ1) is 19.6. The summed E-state index contributed by atoms with van der Waals surface area (Å²) in [6.45, 7) is 0.798. The van der Waals surface area contributed by atoms with Crippen LogP contribution in [0.25, 0.3) is 11.4 Å². The first-order chi connectivity index (χ1) is 13.9. The molecule has 152 valence electrons. The number of carbonyl (C=O) groups is 1. The van der Waals surface area contributed by atoms with E-state index in [4.69, 9.17) is 4.52 Å². The number of piperidine rings is 1. The second-order valence-electron chi connectivity index (χ2n) is 7.03. The Kier molecular flexibility index (Phi) is 5.40. The molecule has 1 amide bonds. The Morgan fingerprint density at radius 2 is 2.10 bits per heavy atom. The molecular weight excluding hydrogens is 403 g/mol. The minimum atomic E-state index is -4.57. The predicted molar refractivity (Wildman–Crippen MR) is 101 cm³/mol. The van der Waals surface area contributed by atoms with E-state index in [2.05, 4.69) is 10.1 Å². The zero-order valence-electron chi connectivity index (χ0n) is 15.4. The Morgan fingerprint density at radius 1 is 1.28 bits per heavy atom. The molecule has 1 fully saturated rings. The Balaban J connectivity index is 1.46. The Hall–Kier alpha value is -2.68. The first-order valence-corrected chi connectivity index (χ1v) is 10.2. The molecule has 3 heterocycles. The van der Waals surface area contributed by atoms with Crippen LogP contribution in [0.4, 0.5) is 13.2 Å². The predicted octanol–water partition coefficient (Wildman–Crippen LogP) is 4.91. The van der Waals surface area contributed by atoms with Crippen molar-refractivity contribution < 1.29 is 22.5 Å². The largest absolute Gasteiger partial charge is 0.417 e. The Morgan fingerprint density at radius 3 is 2.86 bits per heavy atom. The average Bonchev–Trinajstić information content (AvgIpc) is 3.39. The van der Waals surface area contributed by atoms with Gasteiger partial charge in [0, 0.05) is 30.5 Å². The molecule has 5 nitrogen and oxygen atoms in total. The molecule has 0 bridgehead atoms. The number of alkyl halides is 3. The number of carbonyl (C=O) groups excluding carboxylic acids is 1. The van der Waals surface area contributed by atoms with Crippen LogP contribution in [0.15, 0.2) is 45.6 Å². The Bertz CT molecular complexity index is 985. The highest BCUT2D eigenvalue weighted by atomic mass is 32.1. The molecule has 0 radical (unpaired) electrons. The van der Waals surface area contributed by atoms with Crippen LogP contribution in [0.1, 0.15) is 34.7 Å². The van der Waals surface area contributed by atoms with Gasteiger partial charge < -0.3 is 9.42 Å². The number of nitrogens with zero attached hydrogens (tertiary/aromatic N) is 3. The number of rotatable bonds is 4. The molecule has 29 heavy (non-hydrogen) atoms. The molecule has 0 aliphatic carbocycles. The highest BCUT2D eigenvalue weighted by molar-refractivity contribution is 7.08. The van der Waals surface area contributed by atoms with Crippen molar-refractivity contribution in [2.75, 3.05) is 13.1 Å². The van der Waals surface area contributed by atoms with Crippen molar-refractivity contribution in [3.63, 3.8) is 0 Å². The van der Waals surface area contributed by atoms with Gasteiger partial charge in [0.2, 0.25) is 11.7 Å². The SMILES string of the molecule is O=C(c1ccccc1C(F)(F)F)N1CCC[C@H](Cc2nc(-c3ccsc3)no2)C1. The van der Waals surface area contributed by atoms with Crippen LogP contribution in [-0.2, 0) is 12.6 Å². The summed E-state index contributed by atoms with van der Waals surface area (Å²) in [7, 11) is 0. The molecule has 2 aromatic heterocycles. The van der Waals surface area contributed by atoms with Gasteiger partial charge in [-0.3, -0.25) is 4.79 Å². The smallest absolute Gasteiger partial charge is 0.339 e. The van der Waals surface area contributed by atoms with Crippen LogP contribution in [0, 0.1) is 5.92 Å². The van der Waals surface area contributed by atoms with Crippen LogP contribution in [0.3, 0.4) is 0 Å². The van der Waals surface area contributed by atoms with Crippen molar-refractivity contribution in [1.29, 1.82) is 0 Å². The maximum Gasteiger partial charge on any atom is 0.417 e. The third kappa shape index (κ3) is 4.34. The number of thiophene rings is 1. The summed E-state index contributed by atoms with van der Waals surface area (Å²) in [6, 6.07) is 6.82. The quantitative estimate of drug-likeness (QED) is 0.601. The standard InChI is InChI=1S/C20H18F3N3O2S/c21-20(22,23)16-6-2-1-5-15(16)19(27)26-8-3-4-13(11-26)10-17-24-18(25-28-17)14-7-9-29-12-14/h1-2,5-7,9,12-13H,3-4,8,10-11H2/t13-/m1/s1. The molecule has 1 atom stereocenters. The number of benzene rings is 1. The van der Waals surface area contributed by atoms with Gasteiger partial charge in [0.15, 0.2) is 0 Å². The van der Waals surface area contributed by atoms with Gasteiger partial charge in [-0.2, -0.15) is 29.5 Å². The van der Waals surface area contributed by atoms with Gasteiger partial charge in [0.05, 0.1) is 11.1 Å². The van der Waals surface area contributed by atoms with Gasteiger partial charge in [-0.1, -0.05) is 17.3 Å². The summed E-state index contributed by atoms with van der Waals surface area (Å²) in [5.74, 6) is 0.457. The van der Waals surface area contributed by atoms with Gasteiger partial charge >= 0.3 is 6.18 Å². The summed E-state index contributed by atoms with van der Waals surface area (Å²) in [5, 5.41) is 7.83. The third-order valence-corrected chi connectivity index (χ3v) is 5.66. The van der Waals surface area contributed by atoms with Gasteiger partial charge in [-0.05, 0) is 42.3 Å². The van der Waals surface area contributed by atoms with Crippen molar-refractivity contribution in [3.05, 3.63) is 58.1 Å². The molecule has 1 aromatic carbocycles. The van der Waals surface area contributed by atoms with Crippen LogP contribution >= 0.6 is 11.3 Å². The van der Waals surface area contributed by atoms with E-state index in [0.29, 0.717) is 31.2 Å². The summed E-state index contributed by atoms with van der Waals surface area (Å²) < 4.78 is 45.1. The minimum absolute atomic E-state index is 0.0570. The molecule has 0 unspecified atom stereocenters. The van der Waals surface area contributed by atoms with Gasteiger partial charge in [0.1, 0.15) is 0 Å². The third-order valence-electron chi connectivity index (χ3n) is 4.98. The van der Waals surface area contributed by atoms with Crippen LogP contribution < -0.4 is 0 Å². The number of aromatic nitrogens is 2. The second-order valence-corrected chi connectivity index (χ2v) is 7.81. The van der Waals surface area contributed by atoms with E-state index in [9.17, 15) is 18.0 Å². The number of hydrogen-bond donors (Lipinski definition) is 0. The number of hydrogen-bond acceptors (Lipinski definition) is 5. The fraction of sp³-hybridized carbons (Fsp3) is 0.350. The average molecular weight is 421 g/mol. The van der Waals surface area contributed by atoms with Crippen molar-refractivity contribution in [1.82, 2.24) is 15.0 Å². The lowest BCUT2D eigenvalue weighted by Gasteiger charge is -2.32. The maximum absolute atomic E-state index is 13.3. The summed E-state index contributed by atoms with van der Waals surface area (Å²) in [4.78, 5) is 18.7. The zero-order chi connectivity index (χ0) is 20.4. The monoisotopic (exact) mass is 421 g/mol. The van der Waals surface area contributed by atoms with Crippen LogP contribution in [0.5, 0.6) is 0 Å². The number of halogens is 3. The molecule has 3 aromatic rings. The Labute approximate surface area is 169 Å². The molecular formula is C20H18F3N3O2S.